The van der Waals surface area contributed by atoms with E-state index in [1.165, 1.54) is 6.07 Å². The highest BCUT2D eigenvalue weighted by Crippen LogP contribution is 2.21. The SMILES string of the molecule is NC(=O)c1cc(NCCc2ccccn2)c(F)cc1N. The lowest BCUT2D eigenvalue weighted by molar-refractivity contribution is 0.100. The predicted molar refractivity (Wildman–Crippen MR) is 75.8 cm³/mol. The van der Waals surface area contributed by atoms with Crippen LogP contribution in [0.4, 0.5) is 15.8 Å². The van der Waals surface area contributed by atoms with Crippen LogP contribution in [0.3, 0.4) is 0 Å². The maximum absolute atomic E-state index is 13.7. The zero-order chi connectivity index (χ0) is 14.5. The van der Waals surface area contributed by atoms with Crippen molar-refractivity contribution in [2.24, 2.45) is 5.73 Å². The van der Waals surface area contributed by atoms with Crippen LogP contribution in [0.25, 0.3) is 0 Å². The van der Waals surface area contributed by atoms with E-state index in [1.807, 2.05) is 18.2 Å². The molecule has 6 heteroatoms. The largest absolute Gasteiger partial charge is 0.398 e. The van der Waals surface area contributed by atoms with Crippen molar-refractivity contribution in [2.45, 2.75) is 6.42 Å². The number of amides is 1. The molecule has 0 aliphatic carbocycles. The van der Waals surface area contributed by atoms with Crippen LogP contribution in [0, 0.1) is 5.82 Å². The topological polar surface area (TPSA) is 94.0 Å². The van der Waals surface area contributed by atoms with Gasteiger partial charge in [0.15, 0.2) is 0 Å². The van der Waals surface area contributed by atoms with Crippen LogP contribution in [-0.4, -0.2) is 17.4 Å². The molecular weight excluding hydrogens is 259 g/mol. The summed E-state index contributed by atoms with van der Waals surface area (Å²) in [5.41, 5.74) is 11.9. The van der Waals surface area contributed by atoms with Gasteiger partial charge in [-0.05, 0) is 24.3 Å². The standard InChI is InChI=1S/C14H15FN4O/c15-11-8-12(16)10(14(17)20)7-13(11)19-6-4-9-3-1-2-5-18-9/h1-3,5,7-8,19H,4,6,16H2,(H2,17,20). The monoisotopic (exact) mass is 274 g/mol. The summed E-state index contributed by atoms with van der Waals surface area (Å²) in [4.78, 5) is 15.3. The zero-order valence-corrected chi connectivity index (χ0v) is 10.8. The van der Waals surface area contributed by atoms with Crippen molar-refractivity contribution in [3.05, 3.63) is 53.6 Å². The number of nitrogens with zero attached hydrogens (tertiary/aromatic N) is 1. The second kappa shape index (κ2) is 6.01. The van der Waals surface area contributed by atoms with Crippen molar-refractivity contribution in [1.82, 2.24) is 4.98 Å². The summed E-state index contributed by atoms with van der Waals surface area (Å²) in [6.45, 7) is 0.482. The van der Waals surface area contributed by atoms with Crippen LogP contribution in [0.1, 0.15) is 16.1 Å². The summed E-state index contributed by atoms with van der Waals surface area (Å²) in [5, 5.41) is 2.91. The third-order valence-corrected chi connectivity index (χ3v) is 2.83. The number of pyridine rings is 1. The summed E-state index contributed by atoms with van der Waals surface area (Å²) in [7, 11) is 0. The first kappa shape index (κ1) is 13.8. The molecule has 5 N–H and O–H groups in total. The van der Waals surface area contributed by atoms with E-state index in [1.54, 1.807) is 6.20 Å². The van der Waals surface area contributed by atoms with Crippen LogP contribution in [0.5, 0.6) is 0 Å². The third kappa shape index (κ3) is 3.23. The molecule has 0 bridgehead atoms. The van der Waals surface area contributed by atoms with Crippen molar-refractivity contribution in [1.29, 1.82) is 0 Å². The molecule has 20 heavy (non-hydrogen) atoms. The second-order valence-electron chi connectivity index (χ2n) is 4.28. The van der Waals surface area contributed by atoms with Crippen molar-refractivity contribution in [2.75, 3.05) is 17.6 Å². The number of carbonyl (C=O) groups excluding carboxylic acids is 1. The van der Waals surface area contributed by atoms with E-state index in [0.29, 0.717) is 13.0 Å². The maximum atomic E-state index is 13.7. The number of hydrogen-bond donors (Lipinski definition) is 3. The molecule has 0 fully saturated rings. The molecule has 0 unspecified atom stereocenters. The highest BCUT2D eigenvalue weighted by Gasteiger charge is 2.11. The fourth-order valence-electron chi connectivity index (χ4n) is 1.81. The molecule has 104 valence electrons. The lowest BCUT2D eigenvalue weighted by Gasteiger charge is -2.10. The Labute approximate surface area is 115 Å². The predicted octanol–water partition coefficient (Wildman–Crippen LogP) is 1.56. The molecular formula is C14H15FN4O. The van der Waals surface area contributed by atoms with Gasteiger partial charge in [-0.2, -0.15) is 0 Å². The van der Waals surface area contributed by atoms with Crippen LogP contribution in [0.15, 0.2) is 36.5 Å². The Morgan fingerprint density at radius 1 is 1.35 bits per heavy atom. The fourth-order valence-corrected chi connectivity index (χ4v) is 1.81. The molecule has 0 radical (unpaired) electrons. The summed E-state index contributed by atoms with van der Waals surface area (Å²) in [5.74, 6) is -1.20. The Hall–Kier alpha value is -2.63. The maximum Gasteiger partial charge on any atom is 0.250 e. The number of hydrogen-bond acceptors (Lipinski definition) is 4. The van der Waals surface area contributed by atoms with Crippen LogP contribution >= 0.6 is 0 Å². The average molecular weight is 274 g/mol. The van der Waals surface area contributed by atoms with Crippen LogP contribution in [0.2, 0.25) is 0 Å². The first-order valence-electron chi connectivity index (χ1n) is 6.10. The van der Waals surface area contributed by atoms with Gasteiger partial charge in [-0.25, -0.2) is 4.39 Å². The Kier molecular flexibility index (Phi) is 4.14. The molecule has 5 nitrogen and oxygen atoms in total. The van der Waals surface area contributed by atoms with E-state index in [4.69, 9.17) is 11.5 Å². The van der Waals surface area contributed by atoms with E-state index in [9.17, 15) is 9.18 Å². The lowest BCUT2D eigenvalue weighted by Crippen LogP contribution is -2.15. The minimum atomic E-state index is -0.685. The first-order valence-corrected chi connectivity index (χ1v) is 6.10. The molecule has 2 aromatic rings. The molecule has 1 aromatic heterocycles. The summed E-state index contributed by atoms with van der Waals surface area (Å²) in [6, 6.07) is 8.01. The Bertz CT molecular complexity index is 616. The molecule has 0 atom stereocenters. The number of carbonyl (C=O) groups is 1. The van der Waals surface area contributed by atoms with Crippen molar-refractivity contribution in [3.63, 3.8) is 0 Å². The van der Waals surface area contributed by atoms with E-state index in [-0.39, 0.29) is 16.9 Å². The van der Waals surface area contributed by atoms with Gasteiger partial charge in [0, 0.05) is 30.5 Å². The number of benzene rings is 1. The molecule has 1 heterocycles. The van der Waals surface area contributed by atoms with Gasteiger partial charge in [0.25, 0.3) is 5.91 Å². The number of aromatic nitrogens is 1. The smallest absolute Gasteiger partial charge is 0.250 e. The molecule has 0 saturated carbocycles. The highest BCUT2D eigenvalue weighted by molar-refractivity contribution is 5.99. The third-order valence-electron chi connectivity index (χ3n) is 2.83. The van der Waals surface area contributed by atoms with Gasteiger partial charge < -0.3 is 16.8 Å². The number of rotatable bonds is 5. The number of anilines is 2. The second-order valence-corrected chi connectivity index (χ2v) is 4.28. The van der Waals surface area contributed by atoms with Crippen LogP contribution < -0.4 is 16.8 Å². The van der Waals surface area contributed by atoms with Gasteiger partial charge in [-0.15, -0.1) is 0 Å². The minimum absolute atomic E-state index is 0.0327. The Morgan fingerprint density at radius 2 is 2.15 bits per heavy atom. The molecule has 1 aromatic carbocycles. The Morgan fingerprint density at radius 3 is 2.80 bits per heavy atom. The fraction of sp³-hybridized carbons (Fsp3) is 0.143. The molecule has 1 amide bonds. The van der Waals surface area contributed by atoms with Gasteiger partial charge in [0.05, 0.1) is 11.3 Å². The van der Waals surface area contributed by atoms with Gasteiger partial charge in [0.2, 0.25) is 0 Å². The minimum Gasteiger partial charge on any atom is -0.398 e. The van der Waals surface area contributed by atoms with E-state index in [2.05, 4.69) is 10.3 Å². The van der Waals surface area contributed by atoms with Gasteiger partial charge in [-0.1, -0.05) is 6.07 Å². The van der Waals surface area contributed by atoms with Gasteiger partial charge in [0.1, 0.15) is 5.82 Å². The van der Waals surface area contributed by atoms with Gasteiger partial charge in [-0.3, -0.25) is 9.78 Å². The molecule has 0 aliphatic rings. The molecule has 0 spiro atoms. The molecule has 0 saturated heterocycles. The number of halogens is 1. The summed E-state index contributed by atoms with van der Waals surface area (Å²) < 4.78 is 13.7. The first-order chi connectivity index (χ1) is 9.58. The number of primary amides is 1. The highest BCUT2D eigenvalue weighted by atomic mass is 19.1. The molecule has 0 aliphatic heterocycles. The van der Waals surface area contributed by atoms with E-state index in [0.717, 1.165) is 11.8 Å². The summed E-state index contributed by atoms with van der Waals surface area (Å²) in [6.07, 6.45) is 2.33. The number of nitrogen functional groups attached to an aromatic ring is 1. The van der Waals surface area contributed by atoms with Crippen molar-refractivity contribution < 1.29 is 9.18 Å². The van der Waals surface area contributed by atoms with Gasteiger partial charge >= 0.3 is 0 Å². The zero-order valence-electron chi connectivity index (χ0n) is 10.8. The van der Waals surface area contributed by atoms with E-state index < -0.39 is 11.7 Å². The van der Waals surface area contributed by atoms with Crippen molar-refractivity contribution in [3.8, 4) is 0 Å². The van der Waals surface area contributed by atoms with Crippen molar-refractivity contribution >= 4 is 17.3 Å². The van der Waals surface area contributed by atoms with Crippen LogP contribution in [-0.2, 0) is 6.42 Å². The number of nitrogens with two attached hydrogens (primary N) is 2. The normalized spacial score (nSPS) is 10.2. The quantitative estimate of drug-likeness (QED) is 0.721. The lowest BCUT2D eigenvalue weighted by atomic mass is 10.1. The molecule has 2 rings (SSSR count). The van der Waals surface area contributed by atoms with E-state index >= 15 is 0 Å². The average Bonchev–Trinajstić information content (AvgIpc) is 2.42. The summed E-state index contributed by atoms with van der Waals surface area (Å²) >= 11 is 0. The number of nitrogens with one attached hydrogen (secondary N) is 1. The Balaban J connectivity index is 2.06.